The molecule has 134 valence electrons. The normalized spacial score (nSPS) is 14.4. The van der Waals surface area contributed by atoms with Gasteiger partial charge in [-0.2, -0.15) is 0 Å². The first-order valence-electron chi connectivity index (χ1n) is 7.32. The summed E-state index contributed by atoms with van der Waals surface area (Å²) >= 11 is 0. The molecule has 0 saturated carbocycles. The van der Waals surface area contributed by atoms with Gasteiger partial charge in [0.05, 0.1) is 12.0 Å². The van der Waals surface area contributed by atoms with E-state index in [9.17, 15) is 14.4 Å². The summed E-state index contributed by atoms with van der Waals surface area (Å²) in [6, 6.07) is 0. The Balaban J connectivity index is 4.81. The molecule has 1 unspecified atom stereocenters. The van der Waals surface area contributed by atoms with Gasteiger partial charge in [-0.25, -0.2) is 9.59 Å². The van der Waals surface area contributed by atoms with Gasteiger partial charge in [0.1, 0.15) is 11.2 Å². The fraction of sp³-hybridized carbons (Fsp3) is 0.800. The summed E-state index contributed by atoms with van der Waals surface area (Å²) < 4.78 is 10.2. The van der Waals surface area contributed by atoms with Gasteiger partial charge >= 0.3 is 18.2 Å². The molecular formula is C15H28N2O6. The number of carbonyl (C=O) groups is 3. The fourth-order valence-corrected chi connectivity index (χ4v) is 1.62. The van der Waals surface area contributed by atoms with E-state index in [0.717, 1.165) is 0 Å². The number of aliphatic carboxylic acids is 1. The number of amides is 2. The van der Waals surface area contributed by atoms with E-state index in [2.05, 4.69) is 10.6 Å². The number of alkyl carbamates (subject to hydrolysis) is 2. The molecule has 0 radical (unpaired) electrons. The van der Waals surface area contributed by atoms with Gasteiger partial charge in [0.25, 0.3) is 0 Å². The van der Waals surface area contributed by atoms with E-state index >= 15 is 0 Å². The average molecular weight is 332 g/mol. The van der Waals surface area contributed by atoms with Gasteiger partial charge in [-0.15, -0.1) is 0 Å². The van der Waals surface area contributed by atoms with Crippen LogP contribution in [0.3, 0.4) is 0 Å². The molecule has 23 heavy (non-hydrogen) atoms. The maximum Gasteiger partial charge on any atom is 0.408 e. The van der Waals surface area contributed by atoms with Crippen LogP contribution in [-0.4, -0.2) is 46.5 Å². The van der Waals surface area contributed by atoms with Gasteiger partial charge in [0, 0.05) is 6.54 Å². The van der Waals surface area contributed by atoms with E-state index in [-0.39, 0.29) is 13.0 Å². The summed E-state index contributed by atoms with van der Waals surface area (Å²) in [6.45, 7) is 11.6. The number of nitrogens with one attached hydrogen (secondary N) is 2. The molecule has 0 spiro atoms. The van der Waals surface area contributed by atoms with Crippen LogP contribution in [0.4, 0.5) is 9.59 Å². The van der Waals surface area contributed by atoms with Gasteiger partial charge in [-0.05, 0) is 48.5 Å². The molecule has 0 heterocycles. The van der Waals surface area contributed by atoms with Crippen molar-refractivity contribution in [2.45, 2.75) is 71.6 Å². The third-order valence-electron chi connectivity index (χ3n) is 2.37. The van der Waals surface area contributed by atoms with Crippen molar-refractivity contribution in [1.29, 1.82) is 0 Å². The molecule has 0 aromatic heterocycles. The maximum absolute atomic E-state index is 11.9. The van der Waals surface area contributed by atoms with Crippen LogP contribution in [0.1, 0.15) is 54.9 Å². The Morgan fingerprint density at radius 2 is 1.30 bits per heavy atom. The zero-order valence-electron chi connectivity index (χ0n) is 14.9. The summed E-state index contributed by atoms with van der Waals surface area (Å²) in [7, 11) is 0. The molecule has 1 atom stereocenters. The zero-order chi connectivity index (χ0) is 18.5. The van der Waals surface area contributed by atoms with E-state index in [1.54, 1.807) is 41.5 Å². The molecule has 8 nitrogen and oxygen atoms in total. The second-order valence-corrected chi connectivity index (χ2v) is 7.61. The van der Waals surface area contributed by atoms with Crippen LogP contribution in [0, 0.1) is 0 Å². The first-order valence-corrected chi connectivity index (χ1v) is 7.32. The smallest absolute Gasteiger partial charge is 0.408 e. The number of carbonyl (C=O) groups excluding carboxylic acids is 2. The van der Waals surface area contributed by atoms with Gasteiger partial charge < -0.3 is 25.2 Å². The van der Waals surface area contributed by atoms with Gasteiger partial charge in [-0.3, -0.25) is 4.79 Å². The number of hydrogen-bond acceptors (Lipinski definition) is 5. The van der Waals surface area contributed by atoms with Crippen LogP contribution in [-0.2, 0) is 14.3 Å². The third kappa shape index (κ3) is 11.3. The Morgan fingerprint density at radius 3 is 1.70 bits per heavy atom. The first kappa shape index (κ1) is 21.0. The summed E-state index contributed by atoms with van der Waals surface area (Å²) in [5.74, 6) is -1.12. The van der Waals surface area contributed by atoms with Crippen LogP contribution in [0.15, 0.2) is 0 Å². The highest BCUT2D eigenvalue weighted by atomic mass is 16.6. The Kier molecular flexibility index (Phi) is 6.87. The van der Waals surface area contributed by atoms with E-state index in [1.165, 1.54) is 6.92 Å². The minimum Gasteiger partial charge on any atom is -0.481 e. The molecule has 0 rings (SSSR count). The molecular weight excluding hydrogens is 304 g/mol. The van der Waals surface area contributed by atoms with Gasteiger partial charge in [0.2, 0.25) is 0 Å². The molecule has 0 aliphatic rings. The molecule has 0 aliphatic heterocycles. The minimum absolute atomic E-state index is 0.118. The Labute approximate surface area is 136 Å². The lowest BCUT2D eigenvalue weighted by Gasteiger charge is -2.31. The molecule has 0 saturated heterocycles. The lowest BCUT2D eigenvalue weighted by atomic mass is 9.98. The van der Waals surface area contributed by atoms with E-state index < -0.39 is 34.9 Å². The second-order valence-electron chi connectivity index (χ2n) is 7.61. The number of hydrogen-bond donors (Lipinski definition) is 3. The molecule has 8 heteroatoms. The van der Waals surface area contributed by atoms with Crippen molar-refractivity contribution in [1.82, 2.24) is 10.6 Å². The van der Waals surface area contributed by atoms with Crippen LogP contribution >= 0.6 is 0 Å². The summed E-state index contributed by atoms with van der Waals surface area (Å²) in [4.78, 5) is 34.6. The van der Waals surface area contributed by atoms with Crippen LogP contribution in [0.5, 0.6) is 0 Å². The van der Waals surface area contributed by atoms with Gasteiger partial charge in [-0.1, -0.05) is 0 Å². The van der Waals surface area contributed by atoms with Crippen molar-refractivity contribution in [3.05, 3.63) is 0 Å². The molecule has 0 aromatic carbocycles. The quantitative estimate of drug-likeness (QED) is 0.711. The summed E-state index contributed by atoms with van der Waals surface area (Å²) in [5.41, 5.74) is -2.61. The highest BCUT2D eigenvalue weighted by molar-refractivity contribution is 5.73. The monoisotopic (exact) mass is 332 g/mol. The molecule has 0 aliphatic carbocycles. The van der Waals surface area contributed by atoms with Crippen molar-refractivity contribution in [3.63, 3.8) is 0 Å². The predicted molar refractivity (Wildman–Crippen MR) is 84.3 cm³/mol. The number of carboxylic acids is 1. The topological polar surface area (TPSA) is 114 Å². The molecule has 2 amide bonds. The minimum atomic E-state index is -1.22. The fourth-order valence-electron chi connectivity index (χ4n) is 1.62. The lowest BCUT2D eigenvalue weighted by Crippen LogP contribution is -2.56. The van der Waals surface area contributed by atoms with E-state index in [4.69, 9.17) is 14.6 Å². The van der Waals surface area contributed by atoms with Crippen LogP contribution < -0.4 is 10.6 Å². The Bertz CT molecular complexity index is 450. The molecule has 0 bridgehead atoms. The highest BCUT2D eigenvalue weighted by Gasteiger charge is 2.32. The predicted octanol–water partition coefficient (Wildman–Crippen LogP) is 2.27. The van der Waals surface area contributed by atoms with Crippen molar-refractivity contribution < 1.29 is 29.0 Å². The number of ether oxygens (including phenoxy) is 2. The Hall–Kier alpha value is -1.99. The average Bonchev–Trinajstić information content (AvgIpc) is 2.19. The second kappa shape index (κ2) is 7.52. The van der Waals surface area contributed by atoms with Crippen molar-refractivity contribution in [2.24, 2.45) is 0 Å². The lowest BCUT2D eigenvalue weighted by molar-refractivity contribution is -0.138. The third-order valence-corrected chi connectivity index (χ3v) is 2.37. The molecule has 0 fully saturated rings. The Morgan fingerprint density at radius 1 is 0.870 bits per heavy atom. The number of rotatable bonds is 5. The summed E-state index contributed by atoms with van der Waals surface area (Å²) in [5, 5.41) is 14.0. The van der Waals surface area contributed by atoms with Gasteiger partial charge in [0.15, 0.2) is 0 Å². The maximum atomic E-state index is 11.9. The molecule has 0 aromatic rings. The van der Waals surface area contributed by atoms with Crippen molar-refractivity contribution >= 4 is 18.2 Å². The zero-order valence-corrected chi connectivity index (χ0v) is 14.9. The first-order chi connectivity index (χ1) is 10.1. The van der Waals surface area contributed by atoms with Crippen molar-refractivity contribution in [3.8, 4) is 0 Å². The molecule has 3 N–H and O–H groups in total. The van der Waals surface area contributed by atoms with Crippen LogP contribution in [0.25, 0.3) is 0 Å². The SMILES string of the molecule is CC(CNC(=O)OC(C)(C)C)(CC(=O)O)NC(=O)OC(C)(C)C. The highest BCUT2D eigenvalue weighted by Crippen LogP contribution is 2.13. The largest absolute Gasteiger partial charge is 0.481 e. The summed E-state index contributed by atoms with van der Waals surface area (Å²) in [6.07, 6.45) is -1.84. The van der Waals surface area contributed by atoms with Crippen molar-refractivity contribution in [2.75, 3.05) is 6.54 Å². The number of carboxylic acid groups (broad SMARTS) is 1. The standard InChI is InChI=1S/C15H28N2O6/c1-13(2,3)22-11(20)16-9-15(7,8-10(18)19)17-12(21)23-14(4,5)6/h8-9H2,1-7H3,(H,16,20)(H,17,21)(H,18,19). The van der Waals surface area contributed by atoms with E-state index in [1.807, 2.05) is 0 Å². The van der Waals surface area contributed by atoms with Crippen LogP contribution in [0.2, 0.25) is 0 Å². The van der Waals surface area contributed by atoms with E-state index in [0.29, 0.717) is 0 Å².